The van der Waals surface area contributed by atoms with Gasteiger partial charge in [-0.15, -0.1) is 0 Å². The lowest BCUT2D eigenvalue weighted by atomic mass is 9.90. The molecule has 1 atom stereocenters. The van der Waals surface area contributed by atoms with E-state index in [1.807, 2.05) is 12.1 Å². The molecular weight excluding hydrogens is 356 g/mol. The van der Waals surface area contributed by atoms with Crippen LogP contribution in [-0.2, 0) is 27.2 Å². The number of para-hydroxylation sites is 2. The lowest BCUT2D eigenvalue weighted by Crippen LogP contribution is -2.47. The molecule has 2 amide bonds. The summed E-state index contributed by atoms with van der Waals surface area (Å²) >= 11 is 0. The summed E-state index contributed by atoms with van der Waals surface area (Å²) in [5.41, 5.74) is 4.09. The van der Waals surface area contributed by atoms with Crippen molar-refractivity contribution in [2.24, 2.45) is 0 Å². The quantitative estimate of drug-likeness (QED) is 0.833. The number of hydrogen-bond donors (Lipinski definition) is 1. The predicted octanol–water partition coefficient (Wildman–Crippen LogP) is 3.10. The van der Waals surface area contributed by atoms with Gasteiger partial charge in [-0.3, -0.25) is 14.5 Å². The second kappa shape index (κ2) is 7.46. The molecule has 0 aromatic heterocycles. The Morgan fingerprint density at radius 1 is 1.07 bits per heavy atom. The van der Waals surface area contributed by atoms with Crippen LogP contribution in [0.5, 0.6) is 0 Å². The minimum Gasteiger partial charge on any atom is -0.449 e. The summed E-state index contributed by atoms with van der Waals surface area (Å²) in [6.07, 6.45) is 3.30. The number of esters is 1. The minimum absolute atomic E-state index is 0.101. The van der Waals surface area contributed by atoms with Crippen molar-refractivity contribution in [2.45, 2.75) is 38.7 Å². The molecular formula is C22H22N2O4. The van der Waals surface area contributed by atoms with Crippen LogP contribution in [0.15, 0.2) is 42.5 Å². The Balaban J connectivity index is 1.49. The topological polar surface area (TPSA) is 75.7 Å². The highest BCUT2D eigenvalue weighted by Gasteiger charge is 2.31. The summed E-state index contributed by atoms with van der Waals surface area (Å²) in [4.78, 5) is 38.7. The van der Waals surface area contributed by atoms with Crippen molar-refractivity contribution in [1.82, 2.24) is 0 Å². The highest BCUT2D eigenvalue weighted by atomic mass is 16.5. The van der Waals surface area contributed by atoms with Crippen LogP contribution in [0.25, 0.3) is 0 Å². The number of anilines is 2. The summed E-state index contributed by atoms with van der Waals surface area (Å²) in [7, 11) is 0. The molecule has 0 unspecified atom stereocenters. The Morgan fingerprint density at radius 3 is 2.64 bits per heavy atom. The van der Waals surface area contributed by atoms with Crippen molar-refractivity contribution in [2.75, 3.05) is 16.8 Å². The highest BCUT2D eigenvalue weighted by Crippen LogP contribution is 2.29. The van der Waals surface area contributed by atoms with Crippen LogP contribution in [0, 0.1) is 0 Å². The molecule has 1 aliphatic carbocycles. The molecule has 2 aromatic rings. The van der Waals surface area contributed by atoms with E-state index in [0.29, 0.717) is 16.9 Å². The molecule has 0 radical (unpaired) electrons. The zero-order chi connectivity index (χ0) is 19.7. The first-order valence-corrected chi connectivity index (χ1v) is 9.56. The van der Waals surface area contributed by atoms with E-state index in [9.17, 15) is 14.4 Å². The third-order valence-electron chi connectivity index (χ3n) is 5.25. The van der Waals surface area contributed by atoms with Crippen LogP contribution in [0.2, 0.25) is 0 Å². The molecule has 1 heterocycles. The van der Waals surface area contributed by atoms with E-state index in [1.54, 1.807) is 30.3 Å². The third-order valence-corrected chi connectivity index (χ3v) is 5.25. The van der Waals surface area contributed by atoms with Gasteiger partial charge in [0.15, 0.2) is 6.10 Å². The number of carbonyl (C=O) groups excluding carboxylic acids is 3. The number of benzene rings is 2. The van der Waals surface area contributed by atoms with E-state index in [4.69, 9.17) is 4.74 Å². The van der Waals surface area contributed by atoms with Crippen LogP contribution in [0.3, 0.4) is 0 Å². The van der Waals surface area contributed by atoms with Crippen molar-refractivity contribution in [3.8, 4) is 0 Å². The van der Waals surface area contributed by atoms with E-state index in [1.165, 1.54) is 29.4 Å². The Bertz CT molecular complexity index is 953. The number of hydrogen-bond acceptors (Lipinski definition) is 4. The zero-order valence-corrected chi connectivity index (χ0v) is 15.7. The number of nitrogens with zero attached hydrogens (tertiary/aromatic N) is 1. The molecule has 1 N–H and O–H groups in total. The largest absolute Gasteiger partial charge is 0.449 e. The van der Waals surface area contributed by atoms with Crippen LogP contribution in [-0.4, -0.2) is 30.4 Å². The van der Waals surface area contributed by atoms with E-state index in [-0.39, 0.29) is 12.5 Å². The molecule has 6 heteroatoms. The van der Waals surface area contributed by atoms with Gasteiger partial charge in [0.05, 0.1) is 16.9 Å². The van der Waals surface area contributed by atoms with Gasteiger partial charge in [-0.2, -0.15) is 0 Å². The monoisotopic (exact) mass is 378 g/mol. The number of carbonyl (C=O) groups is 3. The van der Waals surface area contributed by atoms with E-state index < -0.39 is 18.0 Å². The van der Waals surface area contributed by atoms with Gasteiger partial charge < -0.3 is 10.1 Å². The van der Waals surface area contributed by atoms with Crippen LogP contribution in [0.4, 0.5) is 11.4 Å². The maximum Gasteiger partial charge on any atom is 0.338 e. The smallest absolute Gasteiger partial charge is 0.338 e. The number of nitrogens with one attached hydrogen (secondary N) is 1. The van der Waals surface area contributed by atoms with Gasteiger partial charge >= 0.3 is 5.97 Å². The Morgan fingerprint density at radius 2 is 1.82 bits per heavy atom. The second-order valence-electron chi connectivity index (χ2n) is 7.23. The first-order chi connectivity index (χ1) is 13.5. The molecule has 0 spiro atoms. The Hall–Kier alpha value is -3.15. The fraction of sp³-hybridized carbons (Fsp3) is 0.318. The van der Waals surface area contributed by atoms with Crippen LogP contribution in [0.1, 0.15) is 41.3 Å². The van der Waals surface area contributed by atoms with Crippen molar-refractivity contribution < 1.29 is 19.1 Å². The van der Waals surface area contributed by atoms with Crippen molar-refractivity contribution in [1.29, 1.82) is 0 Å². The Kier molecular flexibility index (Phi) is 4.86. The fourth-order valence-electron chi connectivity index (χ4n) is 3.79. The summed E-state index contributed by atoms with van der Waals surface area (Å²) in [5, 5.41) is 2.74. The lowest BCUT2D eigenvalue weighted by Gasteiger charge is -2.30. The summed E-state index contributed by atoms with van der Waals surface area (Å²) < 4.78 is 5.43. The van der Waals surface area contributed by atoms with Gasteiger partial charge in [0.1, 0.15) is 6.54 Å². The SMILES string of the molecule is C[C@H](OC(=O)c1ccc2c(c1)CCCC2)C(=O)N1CC(=O)Nc2ccccc21. The predicted molar refractivity (Wildman–Crippen MR) is 105 cm³/mol. The summed E-state index contributed by atoms with van der Waals surface area (Å²) in [5.74, 6) is -1.22. The van der Waals surface area contributed by atoms with Gasteiger partial charge in [0.2, 0.25) is 5.91 Å². The van der Waals surface area contributed by atoms with E-state index in [2.05, 4.69) is 5.32 Å². The number of rotatable bonds is 3. The van der Waals surface area contributed by atoms with Crippen molar-refractivity contribution >= 4 is 29.2 Å². The highest BCUT2D eigenvalue weighted by molar-refractivity contribution is 6.11. The summed E-state index contributed by atoms with van der Waals surface area (Å²) in [6, 6.07) is 12.7. The number of amides is 2. The molecule has 0 saturated carbocycles. The molecule has 0 saturated heterocycles. The molecule has 144 valence electrons. The third kappa shape index (κ3) is 3.50. The maximum absolute atomic E-state index is 12.9. The number of aryl methyl sites for hydroxylation is 2. The van der Waals surface area contributed by atoms with Crippen LogP contribution >= 0.6 is 0 Å². The van der Waals surface area contributed by atoms with E-state index >= 15 is 0 Å². The molecule has 6 nitrogen and oxygen atoms in total. The molecule has 1 aliphatic heterocycles. The standard InChI is InChI=1S/C22H22N2O4/c1-14(21(26)24-13-20(25)23-18-8-4-5-9-19(18)24)28-22(27)17-11-10-15-6-2-3-7-16(15)12-17/h4-5,8-12,14H,2-3,6-7,13H2,1H3,(H,23,25)/t14-/m0/s1. The average molecular weight is 378 g/mol. The Labute approximate surface area is 163 Å². The van der Waals surface area contributed by atoms with Gasteiger partial charge in [-0.25, -0.2) is 4.79 Å². The maximum atomic E-state index is 12.9. The van der Waals surface area contributed by atoms with Crippen molar-refractivity contribution in [3.05, 3.63) is 59.2 Å². The lowest BCUT2D eigenvalue weighted by molar-refractivity contribution is -0.128. The average Bonchev–Trinajstić information content (AvgIpc) is 2.72. The first-order valence-electron chi connectivity index (χ1n) is 9.56. The number of ether oxygens (including phenoxy) is 1. The molecule has 4 rings (SSSR count). The van der Waals surface area contributed by atoms with Gasteiger partial charge in [0.25, 0.3) is 5.91 Å². The first kappa shape index (κ1) is 18.2. The summed E-state index contributed by atoms with van der Waals surface area (Å²) in [6.45, 7) is 1.43. The van der Waals surface area contributed by atoms with Gasteiger partial charge in [-0.05, 0) is 68.0 Å². The zero-order valence-electron chi connectivity index (χ0n) is 15.7. The second-order valence-corrected chi connectivity index (χ2v) is 7.23. The van der Waals surface area contributed by atoms with E-state index in [0.717, 1.165) is 19.3 Å². The van der Waals surface area contributed by atoms with Gasteiger partial charge in [0, 0.05) is 0 Å². The van der Waals surface area contributed by atoms with Crippen molar-refractivity contribution in [3.63, 3.8) is 0 Å². The number of fused-ring (bicyclic) bond motifs is 2. The fourth-order valence-corrected chi connectivity index (χ4v) is 3.79. The molecule has 0 fully saturated rings. The minimum atomic E-state index is -0.998. The normalized spacial score (nSPS) is 16.5. The molecule has 28 heavy (non-hydrogen) atoms. The van der Waals surface area contributed by atoms with Crippen LogP contribution < -0.4 is 10.2 Å². The molecule has 2 aliphatic rings. The molecule has 0 bridgehead atoms. The molecule has 2 aromatic carbocycles. The van der Waals surface area contributed by atoms with Gasteiger partial charge in [-0.1, -0.05) is 18.2 Å².